The van der Waals surface area contributed by atoms with Crippen LogP contribution in [0.5, 0.6) is 0 Å². The lowest BCUT2D eigenvalue weighted by atomic mass is 9.89. The van der Waals surface area contributed by atoms with E-state index < -0.39 is 0 Å². The number of fused-ring (bicyclic) bond motifs is 3. The van der Waals surface area contributed by atoms with Crippen molar-refractivity contribution in [3.8, 4) is 0 Å². The molecule has 0 aromatic carbocycles. The van der Waals surface area contributed by atoms with Crippen LogP contribution in [-0.2, 0) is 12.8 Å². The van der Waals surface area contributed by atoms with Crippen LogP contribution in [0.25, 0.3) is 10.2 Å². The predicted molar refractivity (Wildman–Crippen MR) is 82.4 cm³/mol. The Morgan fingerprint density at radius 2 is 2.37 bits per heavy atom. The summed E-state index contributed by atoms with van der Waals surface area (Å²) >= 11 is 3.36. The van der Waals surface area contributed by atoms with Gasteiger partial charge in [-0.15, -0.1) is 11.3 Å². The van der Waals surface area contributed by atoms with Gasteiger partial charge >= 0.3 is 0 Å². The zero-order valence-electron chi connectivity index (χ0n) is 11.3. The summed E-state index contributed by atoms with van der Waals surface area (Å²) in [6.45, 7) is 4.42. The number of nitrogens with one attached hydrogen (secondary N) is 1. The van der Waals surface area contributed by atoms with Gasteiger partial charge in [-0.2, -0.15) is 0 Å². The third-order valence-electron chi connectivity index (χ3n) is 3.59. The first-order valence-electron chi connectivity index (χ1n) is 6.86. The second-order valence-electron chi connectivity index (χ2n) is 5.25. The molecular weight excluding hydrogens is 276 g/mol. The van der Waals surface area contributed by atoms with Crippen molar-refractivity contribution in [1.82, 2.24) is 9.97 Å². The number of H-pyrrole nitrogens is 1. The molecule has 3 nitrogen and oxygen atoms in total. The van der Waals surface area contributed by atoms with Gasteiger partial charge in [-0.05, 0) is 37.2 Å². The van der Waals surface area contributed by atoms with Crippen molar-refractivity contribution in [3.05, 3.63) is 20.8 Å². The van der Waals surface area contributed by atoms with Crippen LogP contribution in [0.1, 0.15) is 37.1 Å². The Hall–Kier alpha value is -0.810. The van der Waals surface area contributed by atoms with Gasteiger partial charge in [0.1, 0.15) is 4.83 Å². The zero-order chi connectivity index (χ0) is 13.4. The van der Waals surface area contributed by atoms with Gasteiger partial charge in [-0.1, -0.05) is 25.6 Å². The molecule has 0 amide bonds. The van der Waals surface area contributed by atoms with E-state index in [0.717, 1.165) is 46.3 Å². The van der Waals surface area contributed by atoms with Crippen LogP contribution in [0, 0.1) is 5.92 Å². The van der Waals surface area contributed by atoms with Gasteiger partial charge in [0.15, 0.2) is 5.16 Å². The number of rotatable bonds is 3. The number of aromatic nitrogens is 2. The lowest BCUT2D eigenvalue weighted by Crippen LogP contribution is -2.13. The molecule has 1 unspecified atom stereocenters. The number of nitrogens with zero attached hydrogens (tertiary/aromatic N) is 1. The lowest BCUT2D eigenvalue weighted by Gasteiger charge is -2.17. The molecule has 2 aromatic heterocycles. The molecule has 1 aliphatic carbocycles. The highest BCUT2D eigenvalue weighted by molar-refractivity contribution is 7.99. The van der Waals surface area contributed by atoms with Gasteiger partial charge in [0.05, 0.1) is 5.39 Å². The summed E-state index contributed by atoms with van der Waals surface area (Å²) in [5.74, 6) is 1.73. The third-order valence-corrected chi connectivity index (χ3v) is 5.81. The molecule has 0 fully saturated rings. The summed E-state index contributed by atoms with van der Waals surface area (Å²) in [6, 6.07) is 0. The topological polar surface area (TPSA) is 45.8 Å². The molecule has 0 spiro atoms. The minimum atomic E-state index is 0.0515. The highest BCUT2D eigenvalue weighted by Gasteiger charge is 2.22. The van der Waals surface area contributed by atoms with E-state index in [0.29, 0.717) is 0 Å². The zero-order valence-corrected chi connectivity index (χ0v) is 12.9. The number of thioether (sulfide) groups is 1. The number of aromatic amines is 1. The van der Waals surface area contributed by atoms with E-state index in [4.69, 9.17) is 0 Å². The summed E-state index contributed by atoms with van der Waals surface area (Å²) < 4.78 is 0. The number of hydrogen-bond acceptors (Lipinski definition) is 4. The fourth-order valence-corrected chi connectivity index (χ4v) is 4.76. The number of aryl methyl sites for hydroxylation is 1. The van der Waals surface area contributed by atoms with Gasteiger partial charge in [0, 0.05) is 10.6 Å². The van der Waals surface area contributed by atoms with Crippen LogP contribution in [0.3, 0.4) is 0 Å². The smallest absolute Gasteiger partial charge is 0.260 e. The Morgan fingerprint density at radius 3 is 3.16 bits per heavy atom. The molecular formula is C14H18N2OS2. The standard InChI is InChI=1S/C14H18N2OS2/c1-3-6-18-14-15-12(17)11-9-5-4-8(2)7-10(9)19-13(11)16-14/h8H,3-7H2,1-2H3,(H,15,16,17). The van der Waals surface area contributed by atoms with Gasteiger partial charge in [0.25, 0.3) is 5.56 Å². The van der Waals surface area contributed by atoms with Crippen LogP contribution in [0.15, 0.2) is 9.95 Å². The van der Waals surface area contributed by atoms with Crippen molar-refractivity contribution >= 4 is 33.3 Å². The first-order chi connectivity index (χ1) is 9.19. The molecule has 5 heteroatoms. The summed E-state index contributed by atoms with van der Waals surface area (Å²) in [6.07, 6.45) is 4.41. The maximum atomic E-state index is 12.3. The number of hydrogen-bond donors (Lipinski definition) is 1. The molecule has 2 heterocycles. The highest BCUT2D eigenvalue weighted by atomic mass is 32.2. The summed E-state index contributed by atoms with van der Waals surface area (Å²) in [5, 5.41) is 1.62. The normalized spacial score (nSPS) is 18.7. The highest BCUT2D eigenvalue weighted by Crippen LogP contribution is 2.36. The van der Waals surface area contributed by atoms with Gasteiger partial charge in [-0.25, -0.2) is 4.98 Å². The van der Waals surface area contributed by atoms with Crippen molar-refractivity contribution in [2.45, 2.75) is 44.7 Å². The van der Waals surface area contributed by atoms with Gasteiger partial charge in [0.2, 0.25) is 0 Å². The second kappa shape index (κ2) is 5.29. The molecule has 1 atom stereocenters. The number of thiophene rings is 1. The lowest BCUT2D eigenvalue weighted by molar-refractivity contribution is 0.509. The molecule has 0 saturated heterocycles. The molecule has 102 valence electrons. The maximum absolute atomic E-state index is 12.3. The quantitative estimate of drug-likeness (QED) is 0.695. The van der Waals surface area contributed by atoms with Crippen molar-refractivity contribution in [1.29, 1.82) is 0 Å². The minimum absolute atomic E-state index is 0.0515. The molecule has 0 bridgehead atoms. The average molecular weight is 294 g/mol. The van der Waals surface area contributed by atoms with Crippen LogP contribution < -0.4 is 5.56 Å². The average Bonchev–Trinajstić information content (AvgIpc) is 2.73. The fourth-order valence-electron chi connectivity index (χ4n) is 2.60. The molecule has 2 aromatic rings. The first kappa shape index (κ1) is 13.2. The Balaban J connectivity index is 2.09. The molecule has 1 aliphatic rings. The van der Waals surface area contributed by atoms with Crippen LogP contribution in [0.2, 0.25) is 0 Å². The van der Waals surface area contributed by atoms with E-state index in [1.807, 2.05) is 0 Å². The van der Waals surface area contributed by atoms with Crippen molar-refractivity contribution in [2.75, 3.05) is 5.75 Å². The van der Waals surface area contributed by atoms with Crippen molar-refractivity contribution in [3.63, 3.8) is 0 Å². The Morgan fingerprint density at radius 1 is 1.53 bits per heavy atom. The van der Waals surface area contributed by atoms with E-state index in [1.54, 1.807) is 23.1 Å². The van der Waals surface area contributed by atoms with Crippen LogP contribution in [0.4, 0.5) is 0 Å². The van der Waals surface area contributed by atoms with E-state index >= 15 is 0 Å². The monoisotopic (exact) mass is 294 g/mol. The van der Waals surface area contributed by atoms with E-state index in [1.165, 1.54) is 16.9 Å². The summed E-state index contributed by atoms with van der Waals surface area (Å²) in [4.78, 5) is 22.2. The summed E-state index contributed by atoms with van der Waals surface area (Å²) in [5.41, 5.74) is 1.31. The van der Waals surface area contributed by atoms with Crippen LogP contribution >= 0.6 is 23.1 Å². The van der Waals surface area contributed by atoms with E-state index in [2.05, 4.69) is 23.8 Å². The molecule has 19 heavy (non-hydrogen) atoms. The predicted octanol–water partition coefficient (Wildman–Crippen LogP) is 3.61. The maximum Gasteiger partial charge on any atom is 0.260 e. The third kappa shape index (κ3) is 2.46. The summed E-state index contributed by atoms with van der Waals surface area (Å²) in [7, 11) is 0. The first-order valence-corrected chi connectivity index (χ1v) is 8.66. The molecule has 0 radical (unpaired) electrons. The molecule has 0 aliphatic heterocycles. The van der Waals surface area contributed by atoms with Gasteiger partial charge in [-0.3, -0.25) is 4.79 Å². The molecule has 3 rings (SSSR count). The van der Waals surface area contributed by atoms with Gasteiger partial charge < -0.3 is 4.98 Å². The Labute approximate surface area is 120 Å². The van der Waals surface area contributed by atoms with E-state index in [9.17, 15) is 4.79 Å². The Bertz CT molecular complexity index is 659. The van der Waals surface area contributed by atoms with Crippen LogP contribution in [-0.4, -0.2) is 15.7 Å². The second-order valence-corrected chi connectivity index (χ2v) is 7.42. The minimum Gasteiger partial charge on any atom is -0.301 e. The fraction of sp³-hybridized carbons (Fsp3) is 0.571. The Kier molecular flexibility index (Phi) is 3.67. The SMILES string of the molecule is CCCSc1nc2sc3c(c2c(=O)[nH]1)CCC(C)C3. The largest absolute Gasteiger partial charge is 0.301 e. The van der Waals surface area contributed by atoms with E-state index in [-0.39, 0.29) is 5.56 Å². The van der Waals surface area contributed by atoms with Crippen molar-refractivity contribution in [2.24, 2.45) is 5.92 Å². The molecule has 1 N–H and O–H groups in total. The van der Waals surface area contributed by atoms with Crippen molar-refractivity contribution < 1.29 is 0 Å². The molecule has 0 saturated carbocycles.